The number of nitrogens with zero attached hydrogens (tertiary/aromatic N) is 3. The zero-order valence-corrected chi connectivity index (χ0v) is 9.04. The summed E-state index contributed by atoms with van der Waals surface area (Å²) < 4.78 is 4.67. The van der Waals surface area contributed by atoms with Crippen LogP contribution in [0.15, 0.2) is 46.4 Å². The summed E-state index contributed by atoms with van der Waals surface area (Å²) in [4.78, 5) is 22.9. The second kappa shape index (κ2) is 4.22. The van der Waals surface area contributed by atoms with E-state index >= 15 is 0 Å². The topological polar surface area (TPSA) is 48.9 Å². The highest BCUT2D eigenvalue weighted by atomic mass is 16.1. The Bertz CT molecular complexity index is 592. The number of hydrogen-bond acceptors (Lipinski definition) is 2. The molecule has 16 heavy (non-hydrogen) atoms. The molecule has 2 aromatic rings. The molecule has 0 bridgehead atoms. The molecule has 84 valence electrons. The minimum Gasteiger partial charge on any atom is -0.314 e. The lowest BCUT2D eigenvalue weighted by molar-refractivity contribution is 0.547. The van der Waals surface area contributed by atoms with E-state index in [4.69, 9.17) is 0 Å². The molecule has 0 radical (unpaired) electrons. The van der Waals surface area contributed by atoms with Crippen LogP contribution in [0.3, 0.4) is 0 Å². The van der Waals surface area contributed by atoms with Gasteiger partial charge in [0, 0.05) is 44.8 Å². The van der Waals surface area contributed by atoms with Crippen molar-refractivity contribution in [2.24, 2.45) is 7.05 Å². The van der Waals surface area contributed by atoms with Crippen LogP contribution >= 0.6 is 0 Å². The maximum Gasteiger partial charge on any atom is 0.327 e. The highest BCUT2D eigenvalue weighted by Crippen LogP contribution is 1.87. The first-order valence-electron chi connectivity index (χ1n) is 5.06. The molecule has 0 fully saturated rings. The molecule has 0 amide bonds. The molecule has 0 aliphatic heterocycles. The van der Waals surface area contributed by atoms with Crippen LogP contribution in [0.2, 0.25) is 0 Å². The van der Waals surface area contributed by atoms with Crippen molar-refractivity contribution in [1.82, 2.24) is 13.7 Å². The van der Waals surface area contributed by atoms with Crippen LogP contribution in [0.4, 0.5) is 0 Å². The molecular weight excluding hydrogens is 206 g/mol. The monoisotopic (exact) mass is 219 g/mol. The highest BCUT2D eigenvalue weighted by Gasteiger charge is 2.00. The third-order valence-corrected chi connectivity index (χ3v) is 2.50. The van der Waals surface area contributed by atoms with Crippen molar-refractivity contribution in [3.8, 4) is 0 Å². The third-order valence-electron chi connectivity index (χ3n) is 2.50. The summed E-state index contributed by atoms with van der Waals surface area (Å²) in [6.07, 6.45) is 5.14. The number of imidazole rings is 1. The van der Waals surface area contributed by atoms with E-state index in [9.17, 15) is 9.59 Å². The molecule has 5 nitrogen and oxygen atoms in total. The van der Waals surface area contributed by atoms with Gasteiger partial charge in [-0.2, -0.15) is 0 Å². The Morgan fingerprint density at radius 3 is 2.38 bits per heavy atom. The lowest BCUT2D eigenvalue weighted by atomic mass is 10.4. The summed E-state index contributed by atoms with van der Waals surface area (Å²) in [6.45, 7) is 1.01. The van der Waals surface area contributed by atoms with Crippen LogP contribution in [0.5, 0.6) is 0 Å². The predicted octanol–water partition coefficient (Wildman–Crippen LogP) is 0.0487. The van der Waals surface area contributed by atoms with Gasteiger partial charge in [-0.3, -0.25) is 9.36 Å². The minimum absolute atomic E-state index is 0.0496. The highest BCUT2D eigenvalue weighted by molar-refractivity contribution is 4.93. The molecule has 0 aliphatic carbocycles. The first-order valence-corrected chi connectivity index (χ1v) is 5.06. The van der Waals surface area contributed by atoms with Gasteiger partial charge in [0.1, 0.15) is 0 Å². The maximum absolute atomic E-state index is 11.5. The van der Waals surface area contributed by atoms with Crippen LogP contribution in [-0.2, 0) is 20.1 Å². The van der Waals surface area contributed by atoms with Crippen LogP contribution in [0.25, 0.3) is 0 Å². The fraction of sp³-hybridized carbons (Fsp3) is 0.273. The Morgan fingerprint density at radius 2 is 1.75 bits per heavy atom. The molecule has 0 aliphatic rings. The van der Waals surface area contributed by atoms with Crippen LogP contribution < -0.4 is 11.2 Å². The van der Waals surface area contributed by atoms with Crippen LogP contribution in [0, 0.1) is 0 Å². The quantitative estimate of drug-likeness (QED) is 0.732. The van der Waals surface area contributed by atoms with Gasteiger partial charge in [-0.25, -0.2) is 4.79 Å². The van der Waals surface area contributed by atoms with E-state index in [1.54, 1.807) is 46.9 Å². The standard InChI is InChI=1S/C11H13N3O2/c1-12-6-7-14(11(12)16)9-8-13-5-3-2-4-10(13)15/h2-7H,8-9H2,1H3. The van der Waals surface area contributed by atoms with E-state index in [2.05, 4.69) is 0 Å². The molecule has 5 heteroatoms. The molecule has 2 aromatic heterocycles. The van der Waals surface area contributed by atoms with E-state index in [1.165, 1.54) is 10.6 Å². The number of pyridine rings is 1. The van der Waals surface area contributed by atoms with Crippen molar-refractivity contribution >= 4 is 0 Å². The van der Waals surface area contributed by atoms with Gasteiger partial charge >= 0.3 is 5.69 Å². The zero-order chi connectivity index (χ0) is 11.5. The molecule has 2 rings (SSSR count). The van der Waals surface area contributed by atoms with E-state index in [-0.39, 0.29) is 11.2 Å². The van der Waals surface area contributed by atoms with Crippen molar-refractivity contribution in [2.75, 3.05) is 0 Å². The lowest BCUT2D eigenvalue weighted by Crippen LogP contribution is -2.26. The number of aromatic nitrogens is 3. The Labute approximate surface area is 92.2 Å². The van der Waals surface area contributed by atoms with Gasteiger partial charge in [0.05, 0.1) is 0 Å². The predicted molar refractivity (Wildman–Crippen MR) is 60.4 cm³/mol. The first kappa shape index (κ1) is 10.5. The number of hydrogen-bond donors (Lipinski definition) is 0. The molecule has 0 unspecified atom stereocenters. The summed E-state index contributed by atoms with van der Waals surface area (Å²) >= 11 is 0. The summed E-state index contributed by atoms with van der Waals surface area (Å²) in [5.41, 5.74) is -0.115. The lowest BCUT2D eigenvalue weighted by Gasteiger charge is -2.04. The molecular formula is C11H13N3O2. The average Bonchev–Trinajstić information content (AvgIpc) is 2.59. The Balaban J connectivity index is 2.14. The van der Waals surface area contributed by atoms with Gasteiger partial charge in [0.2, 0.25) is 0 Å². The maximum atomic E-state index is 11.5. The Kier molecular flexibility index (Phi) is 2.76. The summed E-state index contributed by atoms with van der Waals surface area (Å²) in [5, 5.41) is 0. The molecule has 0 saturated heterocycles. The molecule has 0 atom stereocenters. The van der Waals surface area contributed by atoms with Crippen molar-refractivity contribution in [3.63, 3.8) is 0 Å². The number of aryl methyl sites for hydroxylation is 3. The first-order chi connectivity index (χ1) is 7.68. The Hall–Kier alpha value is -2.04. The zero-order valence-electron chi connectivity index (χ0n) is 9.04. The van der Waals surface area contributed by atoms with Gasteiger partial charge in [0.15, 0.2) is 0 Å². The summed E-state index contributed by atoms with van der Waals surface area (Å²) in [7, 11) is 1.70. The van der Waals surface area contributed by atoms with Gasteiger partial charge in [0.25, 0.3) is 5.56 Å². The second-order valence-corrected chi connectivity index (χ2v) is 3.62. The fourth-order valence-corrected chi connectivity index (χ4v) is 1.54. The van der Waals surface area contributed by atoms with Gasteiger partial charge in [-0.1, -0.05) is 6.07 Å². The van der Waals surface area contributed by atoms with Crippen molar-refractivity contribution < 1.29 is 0 Å². The van der Waals surface area contributed by atoms with Crippen molar-refractivity contribution in [3.05, 3.63) is 57.6 Å². The molecule has 0 saturated carbocycles. The van der Waals surface area contributed by atoms with E-state index < -0.39 is 0 Å². The van der Waals surface area contributed by atoms with E-state index in [0.29, 0.717) is 13.1 Å². The largest absolute Gasteiger partial charge is 0.327 e. The summed E-state index contributed by atoms with van der Waals surface area (Å²) in [5.74, 6) is 0. The summed E-state index contributed by atoms with van der Waals surface area (Å²) in [6, 6.07) is 5.01. The SMILES string of the molecule is Cn1ccn(CCn2ccccc2=O)c1=O. The fourth-order valence-electron chi connectivity index (χ4n) is 1.54. The molecule has 0 N–H and O–H groups in total. The second-order valence-electron chi connectivity index (χ2n) is 3.62. The third kappa shape index (κ3) is 1.98. The normalized spacial score (nSPS) is 10.6. The van der Waals surface area contributed by atoms with Crippen LogP contribution in [-0.4, -0.2) is 13.7 Å². The van der Waals surface area contributed by atoms with Crippen LogP contribution in [0.1, 0.15) is 0 Å². The average molecular weight is 219 g/mol. The van der Waals surface area contributed by atoms with Crippen molar-refractivity contribution in [1.29, 1.82) is 0 Å². The number of rotatable bonds is 3. The molecule has 0 spiro atoms. The smallest absolute Gasteiger partial charge is 0.314 e. The van der Waals surface area contributed by atoms with E-state index in [0.717, 1.165) is 0 Å². The van der Waals surface area contributed by atoms with Crippen molar-refractivity contribution in [2.45, 2.75) is 13.1 Å². The minimum atomic E-state index is -0.0658. The molecule has 0 aromatic carbocycles. The van der Waals surface area contributed by atoms with Gasteiger partial charge in [-0.05, 0) is 6.07 Å². The van der Waals surface area contributed by atoms with E-state index in [1.807, 2.05) is 0 Å². The molecule has 2 heterocycles. The van der Waals surface area contributed by atoms with Gasteiger partial charge < -0.3 is 9.13 Å². The van der Waals surface area contributed by atoms with Gasteiger partial charge in [-0.15, -0.1) is 0 Å². The Morgan fingerprint density at radius 1 is 1.00 bits per heavy atom.